The fraction of sp³-hybridized carbons (Fsp3) is 0.100. The van der Waals surface area contributed by atoms with Gasteiger partial charge in [0.25, 0.3) is 5.91 Å². The first-order valence-corrected chi connectivity index (χ1v) is 4.59. The Morgan fingerprint density at radius 3 is 3.00 bits per heavy atom. The van der Waals surface area contributed by atoms with Gasteiger partial charge >= 0.3 is 5.97 Å². The highest BCUT2D eigenvalue weighted by Gasteiger charge is 2.13. The molecule has 0 radical (unpaired) electrons. The van der Waals surface area contributed by atoms with Gasteiger partial charge in [0.1, 0.15) is 6.61 Å². The number of ether oxygens (including phenoxy) is 1. The van der Waals surface area contributed by atoms with Crippen molar-refractivity contribution in [1.82, 2.24) is 15.8 Å². The van der Waals surface area contributed by atoms with Gasteiger partial charge in [-0.15, -0.1) is 0 Å². The average molecular weight is 219 g/mol. The van der Waals surface area contributed by atoms with Gasteiger partial charge in [0.15, 0.2) is 0 Å². The van der Waals surface area contributed by atoms with Gasteiger partial charge in [-0.05, 0) is 12.1 Å². The molecule has 0 atom stereocenters. The van der Waals surface area contributed by atoms with E-state index in [9.17, 15) is 9.59 Å². The smallest absolute Gasteiger partial charge is 0.333 e. The molecule has 1 aromatic heterocycles. The van der Waals surface area contributed by atoms with Crippen molar-refractivity contribution in [3.63, 3.8) is 0 Å². The quantitative estimate of drug-likeness (QED) is 0.541. The molecule has 2 heterocycles. The summed E-state index contributed by atoms with van der Waals surface area (Å²) in [6, 6.07) is 3.30. The Balaban J connectivity index is 1.90. The molecule has 1 aromatic rings. The fourth-order valence-electron chi connectivity index (χ4n) is 1.15. The molecule has 2 N–H and O–H groups in total. The highest BCUT2D eigenvalue weighted by atomic mass is 16.5. The lowest BCUT2D eigenvalue weighted by Gasteiger charge is -2.07. The zero-order chi connectivity index (χ0) is 11.4. The zero-order valence-electron chi connectivity index (χ0n) is 8.27. The van der Waals surface area contributed by atoms with Crippen LogP contribution in [0.25, 0.3) is 0 Å². The number of pyridine rings is 1. The van der Waals surface area contributed by atoms with Crippen LogP contribution in [0.15, 0.2) is 36.3 Å². The number of hydrogen-bond acceptors (Lipinski definition) is 5. The van der Waals surface area contributed by atoms with Crippen molar-refractivity contribution in [2.24, 2.45) is 0 Å². The van der Waals surface area contributed by atoms with Gasteiger partial charge in [0.05, 0.1) is 11.3 Å². The Hall–Kier alpha value is -2.37. The van der Waals surface area contributed by atoms with Crippen LogP contribution in [0.2, 0.25) is 0 Å². The van der Waals surface area contributed by atoms with Crippen LogP contribution in [-0.4, -0.2) is 23.5 Å². The molecule has 0 aromatic carbocycles. The predicted octanol–water partition coefficient (Wildman–Crippen LogP) is -0.243. The number of carbonyl (C=O) groups excluding carboxylic acids is 2. The number of esters is 1. The van der Waals surface area contributed by atoms with Gasteiger partial charge < -0.3 is 4.74 Å². The van der Waals surface area contributed by atoms with E-state index in [0.29, 0.717) is 11.3 Å². The molecular weight excluding hydrogens is 210 g/mol. The Bertz CT molecular complexity index is 442. The second kappa shape index (κ2) is 4.43. The number of cyclic esters (lactones) is 1. The predicted molar refractivity (Wildman–Crippen MR) is 53.9 cm³/mol. The Morgan fingerprint density at radius 1 is 1.50 bits per heavy atom. The summed E-state index contributed by atoms with van der Waals surface area (Å²) in [5, 5.41) is 0. The van der Waals surface area contributed by atoms with Crippen molar-refractivity contribution in [3.8, 4) is 0 Å². The summed E-state index contributed by atoms with van der Waals surface area (Å²) in [4.78, 5) is 26.0. The second-order valence-corrected chi connectivity index (χ2v) is 3.10. The monoisotopic (exact) mass is 219 g/mol. The van der Waals surface area contributed by atoms with E-state index in [2.05, 4.69) is 20.6 Å². The summed E-state index contributed by atoms with van der Waals surface area (Å²) >= 11 is 0. The van der Waals surface area contributed by atoms with Crippen LogP contribution >= 0.6 is 0 Å². The highest BCUT2D eigenvalue weighted by Crippen LogP contribution is 2.01. The number of hydrazine groups is 1. The Labute approximate surface area is 91.3 Å². The van der Waals surface area contributed by atoms with Gasteiger partial charge in [-0.25, -0.2) is 4.79 Å². The lowest BCUT2D eigenvalue weighted by atomic mass is 10.3. The van der Waals surface area contributed by atoms with Crippen molar-refractivity contribution in [1.29, 1.82) is 0 Å². The van der Waals surface area contributed by atoms with Gasteiger partial charge in [-0.1, -0.05) is 0 Å². The number of rotatable bonds is 3. The number of nitrogens with one attached hydrogen (secondary N) is 2. The number of nitrogens with zero attached hydrogens (tertiary/aromatic N) is 1. The minimum Gasteiger partial charge on any atom is -0.456 e. The molecule has 0 saturated carbocycles. The zero-order valence-corrected chi connectivity index (χ0v) is 8.27. The normalized spacial score (nSPS) is 14.0. The average Bonchev–Trinajstić information content (AvgIpc) is 2.73. The third-order valence-electron chi connectivity index (χ3n) is 1.92. The minimum atomic E-state index is -0.418. The number of amides is 1. The summed E-state index contributed by atoms with van der Waals surface area (Å²) in [5.74, 6) is -0.744. The number of carbonyl (C=O) groups is 2. The lowest BCUT2D eigenvalue weighted by molar-refractivity contribution is -0.134. The number of aromatic nitrogens is 1. The third kappa shape index (κ3) is 2.35. The summed E-state index contributed by atoms with van der Waals surface area (Å²) in [6.45, 7) is 0.145. The van der Waals surface area contributed by atoms with Crippen molar-refractivity contribution < 1.29 is 14.3 Å². The van der Waals surface area contributed by atoms with Crippen LogP contribution in [0, 0.1) is 0 Å². The maximum atomic E-state index is 11.5. The third-order valence-corrected chi connectivity index (χ3v) is 1.92. The molecular formula is C10H9N3O3. The van der Waals surface area contributed by atoms with Gasteiger partial charge in [0.2, 0.25) is 0 Å². The van der Waals surface area contributed by atoms with Crippen LogP contribution in [-0.2, 0) is 9.53 Å². The van der Waals surface area contributed by atoms with Crippen LogP contribution < -0.4 is 10.9 Å². The lowest BCUT2D eigenvalue weighted by Crippen LogP contribution is -2.37. The van der Waals surface area contributed by atoms with E-state index in [-0.39, 0.29) is 12.5 Å². The first kappa shape index (κ1) is 10.2. The van der Waals surface area contributed by atoms with E-state index in [0.717, 1.165) is 0 Å². The molecule has 1 amide bonds. The van der Waals surface area contributed by atoms with Crippen molar-refractivity contribution >= 4 is 11.9 Å². The topological polar surface area (TPSA) is 80.3 Å². The molecule has 0 saturated heterocycles. The molecule has 16 heavy (non-hydrogen) atoms. The first-order chi connectivity index (χ1) is 7.75. The molecule has 82 valence electrons. The largest absolute Gasteiger partial charge is 0.456 e. The standard InChI is InChI=1S/C10H9N3O3/c14-9-4-8(6-16-9)12-13-10(15)7-2-1-3-11-5-7/h1-5,12H,6H2,(H,13,15). The summed E-state index contributed by atoms with van der Waals surface area (Å²) in [6.07, 6.45) is 4.31. The number of hydrogen-bond donors (Lipinski definition) is 2. The van der Waals surface area contributed by atoms with Crippen LogP contribution in [0.3, 0.4) is 0 Å². The maximum absolute atomic E-state index is 11.5. The van der Waals surface area contributed by atoms with Crippen molar-refractivity contribution in [3.05, 3.63) is 41.9 Å². The minimum absolute atomic E-state index is 0.145. The highest BCUT2D eigenvalue weighted by molar-refractivity contribution is 5.93. The van der Waals surface area contributed by atoms with Gasteiger partial charge in [0, 0.05) is 18.5 Å². The van der Waals surface area contributed by atoms with E-state index >= 15 is 0 Å². The Morgan fingerprint density at radius 2 is 2.38 bits per heavy atom. The first-order valence-electron chi connectivity index (χ1n) is 4.59. The molecule has 1 aliphatic heterocycles. The van der Waals surface area contributed by atoms with E-state index in [1.54, 1.807) is 18.3 Å². The molecule has 2 rings (SSSR count). The van der Waals surface area contributed by atoms with Crippen LogP contribution in [0.4, 0.5) is 0 Å². The molecule has 0 bridgehead atoms. The van der Waals surface area contributed by atoms with E-state index in [1.807, 2.05) is 0 Å². The molecule has 0 aliphatic carbocycles. The Kier molecular flexibility index (Phi) is 2.81. The van der Waals surface area contributed by atoms with E-state index in [4.69, 9.17) is 0 Å². The molecule has 0 spiro atoms. The summed E-state index contributed by atoms with van der Waals surface area (Å²) < 4.78 is 4.65. The van der Waals surface area contributed by atoms with Crippen molar-refractivity contribution in [2.75, 3.05) is 6.61 Å². The van der Waals surface area contributed by atoms with Crippen molar-refractivity contribution in [2.45, 2.75) is 0 Å². The van der Waals surface area contributed by atoms with E-state index < -0.39 is 5.97 Å². The summed E-state index contributed by atoms with van der Waals surface area (Å²) in [5.41, 5.74) is 5.98. The molecule has 6 heteroatoms. The molecule has 6 nitrogen and oxygen atoms in total. The molecule has 1 aliphatic rings. The SMILES string of the molecule is O=C1C=C(NNC(=O)c2cccnc2)CO1. The molecule has 0 unspecified atom stereocenters. The van der Waals surface area contributed by atoms with Crippen LogP contribution in [0.1, 0.15) is 10.4 Å². The van der Waals surface area contributed by atoms with Gasteiger partial charge in [-0.2, -0.15) is 0 Å². The van der Waals surface area contributed by atoms with E-state index in [1.165, 1.54) is 12.3 Å². The summed E-state index contributed by atoms with van der Waals surface area (Å²) in [7, 11) is 0. The van der Waals surface area contributed by atoms with Crippen LogP contribution in [0.5, 0.6) is 0 Å². The van der Waals surface area contributed by atoms with Gasteiger partial charge in [-0.3, -0.25) is 20.6 Å². The maximum Gasteiger partial charge on any atom is 0.333 e. The second-order valence-electron chi connectivity index (χ2n) is 3.10. The fourth-order valence-corrected chi connectivity index (χ4v) is 1.15. The molecule has 0 fully saturated rings.